The Morgan fingerprint density at radius 3 is 2.08 bits per heavy atom. The second-order valence-electron chi connectivity index (χ2n) is 3.07. The van der Waals surface area contributed by atoms with E-state index < -0.39 is 0 Å². The van der Waals surface area contributed by atoms with Crippen LogP contribution in [0.2, 0.25) is 0 Å². The first-order chi connectivity index (χ1) is 5.50. The Bertz CT molecular complexity index is 102. The van der Waals surface area contributed by atoms with E-state index in [2.05, 4.69) is 58.2 Å². The van der Waals surface area contributed by atoms with Crippen molar-refractivity contribution >= 4 is 29.2 Å². The van der Waals surface area contributed by atoms with E-state index >= 15 is 0 Å². The molecule has 0 unspecified atom stereocenters. The van der Waals surface area contributed by atoms with Crippen molar-refractivity contribution in [2.75, 3.05) is 27.7 Å². The van der Waals surface area contributed by atoms with E-state index in [1.807, 2.05) is 0 Å². The molecule has 0 saturated carbocycles. The summed E-state index contributed by atoms with van der Waals surface area (Å²) in [5.74, 6) is 0. The zero-order valence-corrected chi connectivity index (χ0v) is 10.1. The molecule has 12 heavy (non-hydrogen) atoms. The van der Waals surface area contributed by atoms with Crippen molar-refractivity contribution in [3.8, 4) is 0 Å². The first-order valence-corrected chi connectivity index (χ1v) is 5.04. The molecule has 0 aliphatic carbocycles. The first kappa shape index (κ1) is 14.6. The van der Waals surface area contributed by atoms with Gasteiger partial charge in [0.1, 0.15) is 0 Å². The van der Waals surface area contributed by atoms with Gasteiger partial charge in [-0.1, -0.05) is 17.7 Å². The highest BCUT2D eigenvalue weighted by molar-refractivity contribution is 8.00. The van der Waals surface area contributed by atoms with Gasteiger partial charge in [-0.25, -0.2) is 0 Å². The second-order valence-corrected chi connectivity index (χ2v) is 4.14. The van der Waals surface area contributed by atoms with Gasteiger partial charge in [-0.05, 0) is 6.42 Å². The molecule has 0 heterocycles. The average Bonchev–Trinajstić information content (AvgIpc) is 1.86. The third-order valence-electron chi connectivity index (χ3n) is 0.800. The Morgan fingerprint density at radius 1 is 1.42 bits per heavy atom. The Labute approximate surface area is 87.1 Å². The summed E-state index contributed by atoms with van der Waals surface area (Å²) in [7, 11) is 6.25. The normalized spacial score (nSPS) is 8.75. The van der Waals surface area contributed by atoms with Gasteiger partial charge in [-0.2, -0.15) is 0 Å². The van der Waals surface area contributed by atoms with Gasteiger partial charge in [-0.15, -0.1) is 0 Å². The average molecular weight is 208 g/mol. The second kappa shape index (κ2) is 11.1. The van der Waals surface area contributed by atoms with E-state index in [0.717, 1.165) is 13.0 Å². The Balaban J connectivity index is 0. The fraction of sp³-hybridized carbons (Fsp3) is 0.875. The summed E-state index contributed by atoms with van der Waals surface area (Å²) in [6.07, 6.45) is 2.34. The molecule has 74 valence electrons. The summed E-state index contributed by atoms with van der Waals surface area (Å²) in [6, 6.07) is 0. The Morgan fingerprint density at radius 2 is 1.83 bits per heavy atom. The molecule has 0 fully saturated rings. The molecular weight excluding hydrogens is 188 g/mol. The summed E-state index contributed by atoms with van der Waals surface area (Å²) in [5.41, 5.74) is 0. The third kappa shape index (κ3) is 32.2. The van der Waals surface area contributed by atoms with E-state index in [-0.39, 0.29) is 0 Å². The van der Waals surface area contributed by atoms with Crippen LogP contribution in [0.1, 0.15) is 19.8 Å². The smallest absolute Gasteiger partial charge is 0.0661 e. The van der Waals surface area contributed by atoms with Gasteiger partial charge < -0.3 is 35.1 Å². The van der Waals surface area contributed by atoms with Crippen LogP contribution in [0.15, 0.2) is 0 Å². The molecule has 0 bridgehead atoms. The molecule has 4 heteroatoms. The van der Waals surface area contributed by atoms with E-state index in [9.17, 15) is 0 Å². The predicted molar refractivity (Wildman–Crippen MR) is 61.6 cm³/mol. The van der Waals surface area contributed by atoms with Crippen molar-refractivity contribution in [3.05, 3.63) is 0 Å². The van der Waals surface area contributed by atoms with Crippen molar-refractivity contribution in [2.45, 2.75) is 19.8 Å². The number of thiocarbonyl (C=S) groups is 1. The summed E-state index contributed by atoms with van der Waals surface area (Å²) >= 11 is 9.23. The van der Waals surface area contributed by atoms with Gasteiger partial charge in [0.2, 0.25) is 0 Å². The minimum atomic E-state index is 0.485. The van der Waals surface area contributed by atoms with Crippen LogP contribution in [-0.2, 0) is 12.6 Å². The molecule has 0 aliphatic rings. The van der Waals surface area contributed by atoms with Crippen molar-refractivity contribution in [1.82, 2.24) is 5.32 Å². The summed E-state index contributed by atoms with van der Waals surface area (Å²) in [5, 5.41) is 2.89. The highest BCUT2D eigenvalue weighted by Gasteiger charge is 1.77. The molecule has 0 radical (unpaired) electrons. The van der Waals surface area contributed by atoms with E-state index in [4.69, 9.17) is 0 Å². The van der Waals surface area contributed by atoms with Crippen molar-refractivity contribution in [2.24, 2.45) is 0 Å². The fourth-order valence-electron chi connectivity index (χ4n) is 0.367. The van der Waals surface area contributed by atoms with Crippen molar-refractivity contribution < 1.29 is 4.90 Å². The molecule has 0 aromatic carbocycles. The summed E-state index contributed by atoms with van der Waals surface area (Å²) in [4.78, 5) is 1.42. The first-order valence-electron chi connectivity index (χ1n) is 4.22. The van der Waals surface area contributed by atoms with E-state index in [0.29, 0.717) is 4.32 Å². The number of unbranched alkanes of at least 4 members (excludes halogenated alkanes) is 1. The lowest BCUT2D eigenvalue weighted by Crippen LogP contribution is -3.02. The van der Waals surface area contributed by atoms with Gasteiger partial charge >= 0.3 is 0 Å². The molecular formula is C8H20N2S2. The van der Waals surface area contributed by atoms with Crippen LogP contribution < -0.4 is 10.2 Å². The Kier molecular flexibility index (Phi) is 13.5. The van der Waals surface area contributed by atoms with Gasteiger partial charge in [0, 0.05) is 6.54 Å². The zero-order chi connectivity index (χ0) is 9.98. The molecule has 0 amide bonds. The van der Waals surface area contributed by atoms with Crippen LogP contribution >= 0.6 is 12.2 Å². The molecule has 0 rings (SSSR count). The van der Waals surface area contributed by atoms with Crippen LogP contribution in [0.3, 0.4) is 0 Å². The topological polar surface area (TPSA) is 16.5 Å². The van der Waals surface area contributed by atoms with Crippen LogP contribution in [0.5, 0.6) is 0 Å². The molecule has 0 saturated heterocycles. The number of nitrogens with one attached hydrogen (secondary N) is 2. The number of hydrogen-bond donors (Lipinski definition) is 2. The quantitative estimate of drug-likeness (QED) is 0.385. The van der Waals surface area contributed by atoms with E-state index in [1.165, 1.54) is 11.3 Å². The van der Waals surface area contributed by atoms with Crippen LogP contribution in [0.25, 0.3) is 0 Å². The lowest BCUT2D eigenvalue weighted by atomic mass is 10.3. The summed E-state index contributed by atoms with van der Waals surface area (Å²) in [6.45, 7) is 3.06. The summed E-state index contributed by atoms with van der Waals surface area (Å²) < 4.78 is 0.485. The lowest BCUT2D eigenvalue weighted by molar-refractivity contribution is -0.836. The minimum Gasteiger partial charge on any atom is -0.412 e. The highest BCUT2D eigenvalue weighted by atomic mass is 32.1. The predicted octanol–water partition coefficient (Wildman–Crippen LogP) is -0.0314. The highest BCUT2D eigenvalue weighted by Crippen LogP contribution is 1.81. The monoisotopic (exact) mass is 208 g/mol. The van der Waals surface area contributed by atoms with Crippen LogP contribution in [0, 0.1) is 0 Å². The molecule has 0 aromatic rings. The number of rotatable bonds is 3. The number of hydrogen-bond acceptors (Lipinski definition) is 2. The van der Waals surface area contributed by atoms with Crippen molar-refractivity contribution in [3.63, 3.8) is 0 Å². The minimum absolute atomic E-state index is 0.485. The molecule has 2 nitrogen and oxygen atoms in total. The Hall–Kier alpha value is 0.0700. The van der Waals surface area contributed by atoms with Crippen LogP contribution in [-0.4, -0.2) is 32.0 Å². The maximum atomic E-state index is 4.61. The number of quaternary nitrogens is 1. The molecule has 0 aromatic heterocycles. The molecule has 0 spiro atoms. The molecule has 0 aliphatic heterocycles. The zero-order valence-electron chi connectivity index (χ0n) is 8.44. The van der Waals surface area contributed by atoms with Crippen LogP contribution in [0.4, 0.5) is 0 Å². The van der Waals surface area contributed by atoms with Gasteiger partial charge in [0.05, 0.1) is 21.1 Å². The lowest BCUT2D eigenvalue weighted by Gasteiger charge is -2.06. The molecule has 0 atom stereocenters. The standard InChI is InChI=1S/C5H11NS2.C3H9N/c1-2-3-4-6-5(7)8;1-4(2)3/h2-4H2,1H3,(H2,6,7,8);1-3H3. The van der Waals surface area contributed by atoms with Gasteiger partial charge in [0.25, 0.3) is 0 Å². The fourth-order valence-corrected chi connectivity index (χ4v) is 0.571. The van der Waals surface area contributed by atoms with Gasteiger partial charge in [0.15, 0.2) is 0 Å². The SMILES string of the molecule is CCCCNC(=S)[S-].C[NH+](C)C. The largest absolute Gasteiger partial charge is 0.412 e. The van der Waals surface area contributed by atoms with Gasteiger partial charge in [-0.3, -0.25) is 0 Å². The maximum absolute atomic E-state index is 4.61. The third-order valence-corrected chi connectivity index (χ3v) is 1.09. The molecule has 2 N–H and O–H groups in total. The maximum Gasteiger partial charge on any atom is 0.0661 e. The van der Waals surface area contributed by atoms with Crippen molar-refractivity contribution in [1.29, 1.82) is 0 Å². The van der Waals surface area contributed by atoms with E-state index in [1.54, 1.807) is 0 Å².